The molecule has 0 unspecified atom stereocenters. The van der Waals surface area contributed by atoms with E-state index >= 15 is 0 Å². The monoisotopic (exact) mass is 414 g/mol. The summed E-state index contributed by atoms with van der Waals surface area (Å²) in [5, 5.41) is 8.68. The fraction of sp³-hybridized carbons (Fsp3) is 0.240. The van der Waals surface area contributed by atoms with Crippen LogP contribution in [0.15, 0.2) is 54.6 Å². The molecule has 6 heteroatoms. The molecule has 4 rings (SSSR count). The van der Waals surface area contributed by atoms with Crippen molar-refractivity contribution in [3.05, 3.63) is 77.0 Å². The van der Waals surface area contributed by atoms with Crippen LogP contribution in [-0.2, 0) is 11.2 Å². The third-order valence-corrected chi connectivity index (χ3v) is 5.43. The van der Waals surface area contributed by atoms with Crippen LogP contribution in [0, 0.1) is 20.8 Å². The molecule has 6 nitrogen and oxygen atoms in total. The van der Waals surface area contributed by atoms with Crippen LogP contribution in [0.4, 0.5) is 5.69 Å². The number of fused-ring (bicyclic) bond motifs is 1. The van der Waals surface area contributed by atoms with Gasteiger partial charge in [-0.3, -0.25) is 4.79 Å². The van der Waals surface area contributed by atoms with Crippen molar-refractivity contribution >= 4 is 22.6 Å². The van der Waals surface area contributed by atoms with Crippen molar-refractivity contribution in [3.8, 4) is 11.6 Å². The number of methoxy groups -OCH3 is 1. The van der Waals surface area contributed by atoms with Gasteiger partial charge < -0.3 is 10.1 Å². The first-order chi connectivity index (χ1) is 15.0. The number of nitrogens with zero attached hydrogens (tertiary/aromatic N) is 3. The molecule has 158 valence electrons. The minimum atomic E-state index is -0.0381. The lowest BCUT2D eigenvalue weighted by molar-refractivity contribution is -0.116. The molecular weight excluding hydrogens is 388 g/mol. The first-order valence-corrected chi connectivity index (χ1v) is 10.3. The van der Waals surface area contributed by atoms with Crippen LogP contribution in [0.1, 0.15) is 28.8 Å². The zero-order chi connectivity index (χ0) is 22.0. The Balaban J connectivity index is 1.64. The standard InChI is InChI=1S/C25H26N4O2/c1-16-9-8-10-19(15-16)26-22(30)14-13-21-17(2)23-18(3)28-29(20-11-6-5-7-12-20)24(23)27-25(21)31-4/h5-12,15H,13-14H2,1-4H3,(H,26,30). The van der Waals surface area contributed by atoms with Gasteiger partial charge in [-0.15, -0.1) is 0 Å². The lowest BCUT2D eigenvalue weighted by Gasteiger charge is -2.13. The fourth-order valence-electron chi connectivity index (χ4n) is 3.93. The average molecular weight is 415 g/mol. The van der Waals surface area contributed by atoms with Gasteiger partial charge in [-0.05, 0) is 62.6 Å². The number of benzene rings is 2. The topological polar surface area (TPSA) is 69.0 Å². The Kier molecular flexibility index (Phi) is 5.71. The molecule has 0 fully saturated rings. The first kappa shape index (κ1) is 20.6. The summed E-state index contributed by atoms with van der Waals surface area (Å²) < 4.78 is 7.46. The van der Waals surface area contributed by atoms with Crippen molar-refractivity contribution in [1.82, 2.24) is 14.8 Å². The molecule has 0 atom stereocenters. The summed E-state index contributed by atoms with van der Waals surface area (Å²) in [5.74, 6) is 0.495. The van der Waals surface area contributed by atoms with Gasteiger partial charge in [-0.1, -0.05) is 30.3 Å². The first-order valence-electron chi connectivity index (χ1n) is 10.3. The van der Waals surface area contributed by atoms with Crippen molar-refractivity contribution in [1.29, 1.82) is 0 Å². The molecule has 0 spiro atoms. The predicted molar refractivity (Wildman–Crippen MR) is 123 cm³/mol. The summed E-state index contributed by atoms with van der Waals surface area (Å²) in [6.07, 6.45) is 0.871. The van der Waals surface area contributed by atoms with Gasteiger partial charge in [0.1, 0.15) is 0 Å². The van der Waals surface area contributed by atoms with Gasteiger partial charge in [0.15, 0.2) is 5.65 Å². The number of carbonyl (C=O) groups excluding carboxylic acids is 1. The molecule has 0 aliphatic rings. The number of aryl methyl sites for hydroxylation is 3. The number of carbonyl (C=O) groups is 1. The molecule has 0 aliphatic heterocycles. The van der Waals surface area contributed by atoms with Crippen LogP contribution in [-0.4, -0.2) is 27.8 Å². The number of aromatic nitrogens is 3. The molecule has 1 N–H and O–H groups in total. The Morgan fingerprint density at radius 3 is 2.55 bits per heavy atom. The number of hydrogen-bond donors (Lipinski definition) is 1. The minimum Gasteiger partial charge on any atom is -0.481 e. The van der Waals surface area contributed by atoms with Crippen molar-refractivity contribution in [2.45, 2.75) is 33.6 Å². The number of nitrogens with one attached hydrogen (secondary N) is 1. The summed E-state index contributed by atoms with van der Waals surface area (Å²) in [6, 6.07) is 17.7. The van der Waals surface area contributed by atoms with Gasteiger partial charge in [0, 0.05) is 23.1 Å². The van der Waals surface area contributed by atoms with Crippen LogP contribution in [0.25, 0.3) is 16.7 Å². The summed E-state index contributed by atoms with van der Waals surface area (Å²) in [4.78, 5) is 17.3. The van der Waals surface area contributed by atoms with Crippen LogP contribution in [0.2, 0.25) is 0 Å². The lowest BCUT2D eigenvalue weighted by atomic mass is 10.0. The zero-order valence-corrected chi connectivity index (χ0v) is 18.3. The smallest absolute Gasteiger partial charge is 0.224 e. The lowest BCUT2D eigenvalue weighted by Crippen LogP contribution is -2.13. The quantitative estimate of drug-likeness (QED) is 0.486. The molecule has 0 saturated carbocycles. The van der Waals surface area contributed by atoms with E-state index in [0.717, 1.165) is 44.8 Å². The maximum Gasteiger partial charge on any atom is 0.224 e. The Bertz CT molecular complexity index is 1250. The summed E-state index contributed by atoms with van der Waals surface area (Å²) >= 11 is 0. The molecule has 4 aromatic rings. The molecular formula is C25H26N4O2. The second-order valence-corrected chi connectivity index (χ2v) is 7.67. The van der Waals surface area contributed by atoms with Crippen LogP contribution < -0.4 is 10.1 Å². The largest absolute Gasteiger partial charge is 0.481 e. The van der Waals surface area contributed by atoms with E-state index in [4.69, 9.17) is 14.8 Å². The number of hydrogen-bond acceptors (Lipinski definition) is 4. The van der Waals surface area contributed by atoms with E-state index in [2.05, 4.69) is 5.32 Å². The van der Waals surface area contributed by atoms with Crippen molar-refractivity contribution in [2.75, 3.05) is 12.4 Å². The number of anilines is 1. The maximum atomic E-state index is 12.5. The Morgan fingerprint density at radius 1 is 1.06 bits per heavy atom. The normalized spacial score (nSPS) is 11.0. The Hall–Kier alpha value is -3.67. The summed E-state index contributed by atoms with van der Waals surface area (Å²) in [7, 11) is 1.61. The van der Waals surface area contributed by atoms with Crippen LogP contribution >= 0.6 is 0 Å². The van der Waals surface area contributed by atoms with Gasteiger partial charge >= 0.3 is 0 Å². The van der Waals surface area contributed by atoms with Gasteiger partial charge in [-0.25, -0.2) is 4.68 Å². The molecule has 31 heavy (non-hydrogen) atoms. The van der Waals surface area contributed by atoms with Crippen LogP contribution in [0.5, 0.6) is 5.88 Å². The van der Waals surface area contributed by atoms with E-state index in [-0.39, 0.29) is 5.91 Å². The van der Waals surface area contributed by atoms with E-state index in [1.165, 1.54) is 0 Å². The molecule has 2 heterocycles. The van der Waals surface area contributed by atoms with E-state index in [1.54, 1.807) is 7.11 Å². The highest BCUT2D eigenvalue weighted by atomic mass is 16.5. The number of ether oxygens (including phenoxy) is 1. The fourth-order valence-corrected chi connectivity index (χ4v) is 3.93. The average Bonchev–Trinajstić information content (AvgIpc) is 3.10. The summed E-state index contributed by atoms with van der Waals surface area (Å²) in [5.41, 5.74) is 6.50. The molecule has 1 amide bonds. The summed E-state index contributed by atoms with van der Waals surface area (Å²) in [6.45, 7) is 6.03. The zero-order valence-electron chi connectivity index (χ0n) is 18.3. The maximum absolute atomic E-state index is 12.5. The van der Waals surface area contributed by atoms with Crippen LogP contribution in [0.3, 0.4) is 0 Å². The number of amides is 1. The molecule has 2 aromatic carbocycles. The third kappa shape index (κ3) is 4.14. The number of pyridine rings is 1. The van der Waals surface area contributed by atoms with Gasteiger partial charge in [-0.2, -0.15) is 10.1 Å². The molecule has 0 saturated heterocycles. The minimum absolute atomic E-state index is 0.0381. The van der Waals surface area contributed by atoms with E-state index in [9.17, 15) is 4.79 Å². The van der Waals surface area contributed by atoms with E-state index in [0.29, 0.717) is 18.7 Å². The van der Waals surface area contributed by atoms with Gasteiger partial charge in [0.25, 0.3) is 0 Å². The number of rotatable bonds is 6. The van der Waals surface area contributed by atoms with Crippen molar-refractivity contribution in [2.24, 2.45) is 0 Å². The third-order valence-electron chi connectivity index (χ3n) is 5.43. The van der Waals surface area contributed by atoms with E-state index < -0.39 is 0 Å². The van der Waals surface area contributed by atoms with E-state index in [1.807, 2.05) is 80.1 Å². The Morgan fingerprint density at radius 2 is 1.84 bits per heavy atom. The molecule has 2 aromatic heterocycles. The molecule has 0 aliphatic carbocycles. The second-order valence-electron chi connectivity index (χ2n) is 7.67. The predicted octanol–water partition coefficient (Wildman–Crippen LogP) is 4.93. The van der Waals surface area contributed by atoms with Crippen molar-refractivity contribution in [3.63, 3.8) is 0 Å². The highest BCUT2D eigenvalue weighted by Crippen LogP contribution is 2.31. The SMILES string of the molecule is COc1nc2c(c(C)nn2-c2ccccc2)c(C)c1CCC(=O)Nc1cccc(C)c1. The van der Waals surface area contributed by atoms with Gasteiger partial charge in [0.2, 0.25) is 11.8 Å². The van der Waals surface area contributed by atoms with Crippen molar-refractivity contribution < 1.29 is 9.53 Å². The van der Waals surface area contributed by atoms with Gasteiger partial charge in [0.05, 0.1) is 18.5 Å². The Labute approximate surface area is 181 Å². The highest BCUT2D eigenvalue weighted by molar-refractivity contribution is 5.91. The number of para-hydroxylation sites is 1. The molecule has 0 radical (unpaired) electrons. The molecule has 0 bridgehead atoms. The second kappa shape index (κ2) is 8.60. The highest BCUT2D eigenvalue weighted by Gasteiger charge is 2.20.